The maximum absolute atomic E-state index is 10.7. The molecule has 0 amide bonds. The minimum Gasteiger partial charge on any atom is -0.381 e. The van der Waals surface area contributed by atoms with Gasteiger partial charge in [-0.05, 0) is 32.9 Å². The van der Waals surface area contributed by atoms with E-state index < -0.39 is 4.92 Å². The summed E-state index contributed by atoms with van der Waals surface area (Å²) in [6.07, 6.45) is 0. The number of hydrogen-bond donors (Lipinski definition) is 1. The molecule has 0 bridgehead atoms. The lowest BCUT2D eigenvalue weighted by Gasteiger charge is -2.22. The van der Waals surface area contributed by atoms with Crippen LogP contribution in [0, 0.1) is 21.4 Å². The van der Waals surface area contributed by atoms with E-state index in [2.05, 4.69) is 11.2 Å². The van der Waals surface area contributed by atoms with E-state index in [1.807, 2.05) is 20.8 Å². The number of nitro benzene ring substituents is 1. The van der Waals surface area contributed by atoms with Crippen LogP contribution in [-0.4, -0.2) is 14.7 Å². The Morgan fingerprint density at radius 2 is 1.90 bits per heavy atom. The van der Waals surface area contributed by atoms with Crippen molar-refractivity contribution in [2.45, 2.75) is 26.3 Å². The third-order valence-corrected chi connectivity index (χ3v) is 3.01. The Morgan fingerprint density at radius 3 is 2.33 bits per heavy atom. The predicted octanol–water partition coefficient (Wildman–Crippen LogP) is 2.67. The second-order valence-corrected chi connectivity index (χ2v) is 5.61. The Hall–Kier alpha value is -2.88. The van der Waals surface area contributed by atoms with Crippen molar-refractivity contribution in [3.05, 3.63) is 39.9 Å². The molecule has 0 spiro atoms. The van der Waals surface area contributed by atoms with Gasteiger partial charge in [0.25, 0.3) is 5.69 Å². The molecule has 108 valence electrons. The van der Waals surface area contributed by atoms with E-state index in [9.17, 15) is 15.4 Å². The molecule has 0 aliphatic rings. The molecule has 0 saturated carbocycles. The SMILES string of the molecule is CC(C)(C)n1nc(N)c(C#N)c1-c1ccc([N+](=O)[O-])cc1. The number of hydrogen-bond acceptors (Lipinski definition) is 5. The number of rotatable bonds is 2. The van der Waals surface area contributed by atoms with E-state index in [0.29, 0.717) is 11.3 Å². The summed E-state index contributed by atoms with van der Waals surface area (Å²) in [6, 6.07) is 8.03. The lowest BCUT2D eigenvalue weighted by atomic mass is 10.0. The summed E-state index contributed by atoms with van der Waals surface area (Å²) < 4.78 is 1.67. The second kappa shape index (κ2) is 4.90. The predicted molar refractivity (Wildman–Crippen MR) is 78.4 cm³/mol. The summed E-state index contributed by atoms with van der Waals surface area (Å²) in [5, 5.41) is 24.2. The highest BCUT2D eigenvalue weighted by Gasteiger charge is 2.25. The highest BCUT2D eigenvalue weighted by atomic mass is 16.6. The van der Waals surface area contributed by atoms with Crippen LogP contribution in [0.3, 0.4) is 0 Å². The van der Waals surface area contributed by atoms with Gasteiger partial charge in [0.2, 0.25) is 0 Å². The van der Waals surface area contributed by atoms with Gasteiger partial charge in [0.15, 0.2) is 5.82 Å². The van der Waals surface area contributed by atoms with E-state index in [1.165, 1.54) is 12.1 Å². The van der Waals surface area contributed by atoms with E-state index in [1.54, 1.807) is 16.8 Å². The average Bonchev–Trinajstić information content (AvgIpc) is 2.75. The van der Waals surface area contributed by atoms with Gasteiger partial charge in [0, 0.05) is 17.7 Å². The molecule has 0 aliphatic heterocycles. The number of nitro groups is 1. The molecule has 2 N–H and O–H groups in total. The number of nitrogens with zero attached hydrogens (tertiary/aromatic N) is 4. The fraction of sp³-hybridized carbons (Fsp3) is 0.286. The van der Waals surface area contributed by atoms with E-state index in [0.717, 1.165) is 0 Å². The number of nitrogens with two attached hydrogens (primary N) is 1. The fourth-order valence-corrected chi connectivity index (χ4v) is 2.04. The maximum atomic E-state index is 10.7. The van der Waals surface area contributed by atoms with Gasteiger partial charge in [0.05, 0.1) is 16.2 Å². The largest absolute Gasteiger partial charge is 0.381 e. The van der Waals surface area contributed by atoms with Gasteiger partial charge in [-0.15, -0.1) is 0 Å². The maximum Gasteiger partial charge on any atom is 0.269 e. The first-order valence-corrected chi connectivity index (χ1v) is 6.29. The molecule has 2 aromatic rings. The molecule has 0 atom stereocenters. The van der Waals surface area contributed by atoms with Gasteiger partial charge >= 0.3 is 0 Å². The summed E-state index contributed by atoms with van der Waals surface area (Å²) in [5.41, 5.74) is 6.93. The number of aromatic nitrogens is 2. The van der Waals surface area contributed by atoms with Crippen molar-refractivity contribution in [3.8, 4) is 17.3 Å². The number of nitrogen functional groups attached to an aromatic ring is 1. The van der Waals surface area contributed by atoms with Crippen LogP contribution < -0.4 is 5.73 Å². The van der Waals surface area contributed by atoms with Gasteiger partial charge in [-0.2, -0.15) is 10.4 Å². The normalized spacial score (nSPS) is 11.1. The van der Waals surface area contributed by atoms with Gasteiger partial charge in [-0.25, -0.2) is 0 Å². The number of non-ortho nitro benzene ring substituents is 1. The standard InChI is InChI=1S/C14H15N5O2/c1-14(2,3)18-12(11(8-15)13(16)17-18)9-4-6-10(7-5-9)19(20)21/h4-7H,1-3H3,(H2,16,17). The van der Waals surface area contributed by atoms with Crippen molar-refractivity contribution in [2.24, 2.45) is 0 Å². The van der Waals surface area contributed by atoms with Gasteiger partial charge in [-0.3, -0.25) is 14.8 Å². The number of nitriles is 1. The van der Waals surface area contributed by atoms with Crippen LogP contribution in [0.5, 0.6) is 0 Å². The van der Waals surface area contributed by atoms with Crippen LogP contribution in [-0.2, 0) is 5.54 Å². The molecule has 0 unspecified atom stereocenters. The minimum absolute atomic E-state index is 0.00736. The summed E-state index contributed by atoms with van der Waals surface area (Å²) in [5.74, 6) is 0.153. The first-order chi connectivity index (χ1) is 9.75. The zero-order valence-electron chi connectivity index (χ0n) is 12.0. The van der Waals surface area contributed by atoms with Crippen molar-refractivity contribution in [2.75, 3.05) is 5.73 Å². The third kappa shape index (κ3) is 2.56. The van der Waals surface area contributed by atoms with Crippen LogP contribution in [0.2, 0.25) is 0 Å². The molecule has 7 heteroatoms. The van der Waals surface area contributed by atoms with Crippen molar-refractivity contribution in [1.82, 2.24) is 9.78 Å². The molecular formula is C14H15N5O2. The van der Waals surface area contributed by atoms with Crippen molar-refractivity contribution >= 4 is 11.5 Å². The highest BCUT2D eigenvalue weighted by Crippen LogP contribution is 2.32. The zero-order valence-corrected chi connectivity index (χ0v) is 12.0. The molecule has 21 heavy (non-hydrogen) atoms. The molecule has 0 aliphatic carbocycles. The fourth-order valence-electron chi connectivity index (χ4n) is 2.04. The molecule has 0 saturated heterocycles. The average molecular weight is 285 g/mol. The molecular weight excluding hydrogens is 270 g/mol. The summed E-state index contributed by atoms with van der Waals surface area (Å²) >= 11 is 0. The van der Waals surface area contributed by atoms with Gasteiger partial charge in [-0.1, -0.05) is 0 Å². The zero-order chi connectivity index (χ0) is 15.8. The lowest BCUT2D eigenvalue weighted by molar-refractivity contribution is -0.384. The Morgan fingerprint density at radius 1 is 1.33 bits per heavy atom. The quantitative estimate of drug-likeness (QED) is 0.673. The van der Waals surface area contributed by atoms with E-state index in [-0.39, 0.29) is 22.6 Å². The summed E-state index contributed by atoms with van der Waals surface area (Å²) in [6.45, 7) is 5.82. The Balaban J connectivity index is 2.67. The van der Waals surface area contributed by atoms with Crippen molar-refractivity contribution < 1.29 is 4.92 Å². The molecule has 0 fully saturated rings. The first-order valence-electron chi connectivity index (χ1n) is 6.29. The number of benzene rings is 1. The van der Waals surface area contributed by atoms with Crippen LogP contribution in [0.4, 0.5) is 11.5 Å². The highest BCUT2D eigenvalue weighted by molar-refractivity contribution is 5.73. The van der Waals surface area contributed by atoms with Crippen LogP contribution in [0.15, 0.2) is 24.3 Å². The van der Waals surface area contributed by atoms with Gasteiger partial charge in [0.1, 0.15) is 11.6 Å². The van der Waals surface area contributed by atoms with Gasteiger partial charge < -0.3 is 5.73 Å². The monoisotopic (exact) mass is 285 g/mol. The smallest absolute Gasteiger partial charge is 0.269 e. The third-order valence-electron chi connectivity index (χ3n) is 3.01. The van der Waals surface area contributed by atoms with Crippen LogP contribution in [0.1, 0.15) is 26.3 Å². The molecule has 1 aromatic heterocycles. The van der Waals surface area contributed by atoms with Crippen LogP contribution in [0.25, 0.3) is 11.3 Å². The molecule has 0 radical (unpaired) electrons. The first kappa shape index (κ1) is 14.5. The topological polar surface area (TPSA) is 111 Å². The molecule has 1 aromatic carbocycles. The van der Waals surface area contributed by atoms with Crippen LogP contribution >= 0.6 is 0 Å². The van der Waals surface area contributed by atoms with E-state index in [4.69, 9.17) is 5.73 Å². The van der Waals surface area contributed by atoms with E-state index >= 15 is 0 Å². The van der Waals surface area contributed by atoms with Crippen molar-refractivity contribution in [3.63, 3.8) is 0 Å². The molecule has 2 rings (SSSR count). The number of anilines is 1. The summed E-state index contributed by atoms with van der Waals surface area (Å²) in [7, 11) is 0. The van der Waals surface area contributed by atoms with Crippen molar-refractivity contribution in [1.29, 1.82) is 5.26 Å². The molecule has 1 heterocycles. The molecule has 7 nitrogen and oxygen atoms in total. The Bertz CT molecular complexity index is 732. The summed E-state index contributed by atoms with van der Waals surface area (Å²) in [4.78, 5) is 10.2. The Labute approximate surface area is 121 Å². The second-order valence-electron chi connectivity index (χ2n) is 5.61. The lowest BCUT2D eigenvalue weighted by Crippen LogP contribution is -2.24. The Kier molecular flexibility index (Phi) is 3.39. The minimum atomic E-state index is -0.468.